The maximum Gasteiger partial charge on any atom is 0.278 e. The van der Waals surface area contributed by atoms with Gasteiger partial charge in [-0.15, -0.1) is 0 Å². The second-order valence-corrected chi connectivity index (χ2v) is 4.07. The van der Waals surface area contributed by atoms with E-state index in [0.717, 1.165) is 5.69 Å². The molecule has 5 nitrogen and oxygen atoms in total. The van der Waals surface area contributed by atoms with E-state index in [1.165, 1.54) is 0 Å². The van der Waals surface area contributed by atoms with Crippen molar-refractivity contribution in [3.8, 4) is 0 Å². The average molecular weight is 244 g/mol. The van der Waals surface area contributed by atoms with Crippen LogP contribution in [0.4, 0.5) is 11.4 Å². The van der Waals surface area contributed by atoms with Gasteiger partial charge in [-0.25, -0.2) is 4.98 Å². The van der Waals surface area contributed by atoms with Gasteiger partial charge in [-0.2, -0.15) is 0 Å². The van der Waals surface area contributed by atoms with E-state index >= 15 is 0 Å². The summed E-state index contributed by atoms with van der Waals surface area (Å²) in [7, 11) is 1.83. The van der Waals surface area contributed by atoms with Gasteiger partial charge in [-0.3, -0.25) is 4.79 Å². The number of benzene rings is 1. The molecule has 0 saturated heterocycles. The van der Waals surface area contributed by atoms with E-state index in [0.29, 0.717) is 17.9 Å². The molecule has 0 aliphatic rings. The lowest BCUT2D eigenvalue weighted by molar-refractivity contribution is 0.0984. The first-order valence-corrected chi connectivity index (χ1v) is 5.77. The van der Waals surface area contributed by atoms with Crippen LogP contribution < -0.4 is 10.6 Å². The molecule has 0 atom stereocenters. The molecule has 0 unspecified atom stereocenters. The summed E-state index contributed by atoms with van der Waals surface area (Å²) in [5.74, 6) is -0.122. The Balaban J connectivity index is 2.31. The number of carbonyl (C=O) groups is 1. The lowest BCUT2D eigenvalue weighted by atomic mass is 10.2. The number of nitrogen functional groups attached to an aromatic ring is 1. The molecule has 2 N–H and O–H groups in total. The van der Waals surface area contributed by atoms with Crippen molar-refractivity contribution in [1.29, 1.82) is 0 Å². The quantitative estimate of drug-likeness (QED) is 0.835. The highest BCUT2D eigenvalue weighted by Gasteiger charge is 2.18. The number of hydrogen-bond donors (Lipinski definition) is 1. The number of amides is 1. The van der Waals surface area contributed by atoms with Crippen molar-refractivity contribution in [3.05, 3.63) is 42.5 Å². The SMILES string of the molecule is CCN(C(=O)c1cn(C)cn1)c1cccc(N)c1. The van der Waals surface area contributed by atoms with Crippen LogP contribution in [0.2, 0.25) is 0 Å². The zero-order valence-electron chi connectivity index (χ0n) is 10.5. The molecule has 94 valence electrons. The van der Waals surface area contributed by atoms with Gasteiger partial charge < -0.3 is 15.2 Å². The summed E-state index contributed by atoms with van der Waals surface area (Å²) >= 11 is 0. The van der Waals surface area contributed by atoms with Crippen molar-refractivity contribution in [2.24, 2.45) is 7.05 Å². The molecule has 0 saturated carbocycles. The van der Waals surface area contributed by atoms with Crippen LogP contribution in [0.1, 0.15) is 17.4 Å². The number of imidazole rings is 1. The Morgan fingerprint density at radius 1 is 1.50 bits per heavy atom. The maximum absolute atomic E-state index is 12.3. The number of carbonyl (C=O) groups excluding carboxylic acids is 1. The average Bonchev–Trinajstić information content (AvgIpc) is 2.77. The lowest BCUT2D eigenvalue weighted by Crippen LogP contribution is -2.30. The summed E-state index contributed by atoms with van der Waals surface area (Å²) in [6.07, 6.45) is 3.32. The summed E-state index contributed by atoms with van der Waals surface area (Å²) in [6, 6.07) is 7.27. The van der Waals surface area contributed by atoms with E-state index in [1.54, 1.807) is 34.1 Å². The highest BCUT2D eigenvalue weighted by atomic mass is 16.2. The van der Waals surface area contributed by atoms with Gasteiger partial charge in [0.15, 0.2) is 0 Å². The van der Waals surface area contributed by atoms with Gasteiger partial charge in [0.05, 0.1) is 6.33 Å². The fourth-order valence-corrected chi connectivity index (χ4v) is 1.80. The third kappa shape index (κ3) is 2.34. The van der Waals surface area contributed by atoms with Crippen LogP contribution in [0.25, 0.3) is 0 Å². The van der Waals surface area contributed by atoms with E-state index in [1.807, 2.05) is 26.1 Å². The van der Waals surface area contributed by atoms with E-state index < -0.39 is 0 Å². The van der Waals surface area contributed by atoms with Crippen LogP contribution in [-0.4, -0.2) is 22.0 Å². The Kier molecular flexibility index (Phi) is 3.32. The third-order valence-corrected chi connectivity index (χ3v) is 2.67. The van der Waals surface area contributed by atoms with E-state index in [9.17, 15) is 4.79 Å². The molecule has 1 aromatic heterocycles. The first-order valence-electron chi connectivity index (χ1n) is 5.77. The highest BCUT2D eigenvalue weighted by molar-refractivity contribution is 6.04. The number of nitrogens with two attached hydrogens (primary N) is 1. The third-order valence-electron chi connectivity index (χ3n) is 2.67. The molecular weight excluding hydrogens is 228 g/mol. The Morgan fingerprint density at radius 3 is 2.83 bits per heavy atom. The van der Waals surface area contributed by atoms with Crippen molar-refractivity contribution in [3.63, 3.8) is 0 Å². The van der Waals surface area contributed by atoms with Gasteiger partial charge in [0.2, 0.25) is 0 Å². The van der Waals surface area contributed by atoms with Crippen LogP contribution >= 0.6 is 0 Å². The van der Waals surface area contributed by atoms with Gasteiger partial charge in [-0.1, -0.05) is 6.07 Å². The van der Waals surface area contributed by atoms with Crippen LogP contribution in [-0.2, 0) is 7.05 Å². The molecule has 18 heavy (non-hydrogen) atoms. The summed E-state index contributed by atoms with van der Waals surface area (Å²) < 4.78 is 1.75. The fraction of sp³-hybridized carbons (Fsp3) is 0.231. The van der Waals surface area contributed by atoms with Crippen molar-refractivity contribution in [2.75, 3.05) is 17.2 Å². The highest BCUT2D eigenvalue weighted by Crippen LogP contribution is 2.19. The van der Waals surface area contributed by atoms with Crippen LogP contribution in [0.3, 0.4) is 0 Å². The Labute approximate surface area is 106 Å². The van der Waals surface area contributed by atoms with E-state index in [2.05, 4.69) is 4.98 Å². The largest absolute Gasteiger partial charge is 0.399 e. The molecule has 2 aromatic rings. The van der Waals surface area contributed by atoms with Gasteiger partial charge >= 0.3 is 0 Å². The molecule has 0 fully saturated rings. The molecule has 1 aromatic carbocycles. The zero-order valence-corrected chi connectivity index (χ0v) is 10.5. The second kappa shape index (κ2) is 4.91. The Morgan fingerprint density at radius 2 is 2.28 bits per heavy atom. The topological polar surface area (TPSA) is 64.2 Å². The summed E-state index contributed by atoms with van der Waals surface area (Å²) in [6.45, 7) is 2.49. The van der Waals surface area contributed by atoms with Crippen molar-refractivity contribution in [2.45, 2.75) is 6.92 Å². The van der Waals surface area contributed by atoms with E-state index in [-0.39, 0.29) is 5.91 Å². The molecule has 0 radical (unpaired) electrons. The number of hydrogen-bond acceptors (Lipinski definition) is 3. The molecule has 0 bridgehead atoms. The van der Waals surface area contributed by atoms with Gasteiger partial charge in [0.1, 0.15) is 5.69 Å². The van der Waals surface area contributed by atoms with Crippen LogP contribution in [0.5, 0.6) is 0 Å². The minimum absolute atomic E-state index is 0.122. The van der Waals surface area contributed by atoms with E-state index in [4.69, 9.17) is 5.73 Å². The normalized spacial score (nSPS) is 10.3. The Hall–Kier alpha value is -2.30. The fourth-order valence-electron chi connectivity index (χ4n) is 1.80. The molecular formula is C13H16N4O. The molecule has 1 heterocycles. The summed E-state index contributed by atoms with van der Waals surface area (Å²) in [5.41, 5.74) is 7.59. The monoisotopic (exact) mass is 244 g/mol. The minimum Gasteiger partial charge on any atom is -0.399 e. The van der Waals surface area contributed by atoms with Crippen molar-refractivity contribution < 1.29 is 4.79 Å². The smallest absolute Gasteiger partial charge is 0.278 e. The summed E-state index contributed by atoms with van der Waals surface area (Å²) in [4.78, 5) is 18.0. The standard InChI is InChI=1S/C13H16N4O/c1-3-17(11-6-4-5-10(14)7-11)13(18)12-8-16(2)9-15-12/h4-9H,3,14H2,1-2H3. The minimum atomic E-state index is -0.122. The van der Waals surface area contributed by atoms with Crippen molar-refractivity contribution >= 4 is 17.3 Å². The van der Waals surface area contributed by atoms with Crippen LogP contribution in [0, 0.1) is 0 Å². The number of anilines is 2. The van der Waals surface area contributed by atoms with Crippen molar-refractivity contribution in [1.82, 2.24) is 9.55 Å². The number of aryl methyl sites for hydroxylation is 1. The molecule has 5 heteroatoms. The molecule has 0 aliphatic carbocycles. The number of aromatic nitrogens is 2. The van der Waals surface area contributed by atoms with Crippen LogP contribution in [0.15, 0.2) is 36.8 Å². The zero-order chi connectivity index (χ0) is 13.1. The Bertz CT molecular complexity index is 562. The lowest BCUT2D eigenvalue weighted by Gasteiger charge is -2.20. The molecule has 2 rings (SSSR count). The summed E-state index contributed by atoms with van der Waals surface area (Å²) in [5, 5.41) is 0. The predicted octanol–water partition coefficient (Wildman–Crippen LogP) is 1.67. The number of nitrogens with zero attached hydrogens (tertiary/aromatic N) is 3. The van der Waals surface area contributed by atoms with Gasteiger partial charge in [-0.05, 0) is 25.1 Å². The van der Waals surface area contributed by atoms with Gasteiger partial charge in [0, 0.05) is 31.2 Å². The molecule has 1 amide bonds. The first kappa shape index (κ1) is 12.2. The maximum atomic E-state index is 12.3. The molecule has 0 spiro atoms. The molecule has 0 aliphatic heterocycles. The first-order chi connectivity index (χ1) is 8.61. The predicted molar refractivity (Wildman–Crippen MR) is 71.4 cm³/mol. The second-order valence-electron chi connectivity index (χ2n) is 4.07. The number of rotatable bonds is 3. The van der Waals surface area contributed by atoms with Gasteiger partial charge in [0.25, 0.3) is 5.91 Å².